The summed E-state index contributed by atoms with van der Waals surface area (Å²) < 4.78 is 11.8. The van der Waals surface area contributed by atoms with Crippen LogP contribution in [0.15, 0.2) is 51.3 Å². The number of rotatable bonds is 5. The Hall–Kier alpha value is -2.00. The number of benzene rings is 1. The molecule has 0 saturated heterocycles. The monoisotopic (exact) mass is 269 g/mol. The third-order valence-corrected chi connectivity index (χ3v) is 3.45. The van der Waals surface area contributed by atoms with Crippen LogP contribution in [0.3, 0.4) is 0 Å². The van der Waals surface area contributed by atoms with E-state index in [1.165, 1.54) is 0 Å². The van der Waals surface area contributed by atoms with Crippen LogP contribution < -0.4 is 5.32 Å². The Bertz CT molecular complexity index is 663. The van der Waals surface area contributed by atoms with Gasteiger partial charge in [0.25, 0.3) is 0 Å². The van der Waals surface area contributed by atoms with E-state index in [1.807, 2.05) is 30.3 Å². The van der Waals surface area contributed by atoms with Crippen molar-refractivity contribution < 1.29 is 8.83 Å². The van der Waals surface area contributed by atoms with E-state index in [9.17, 15) is 0 Å². The van der Waals surface area contributed by atoms with Gasteiger partial charge in [0.05, 0.1) is 0 Å². The molecule has 0 radical (unpaired) electrons. The lowest BCUT2D eigenvalue weighted by Crippen LogP contribution is -2.20. The predicted octanol–water partition coefficient (Wildman–Crippen LogP) is 4.29. The molecular weight excluding hydrogens is 250 g/mol. The Kier molecular flexibility index (Phi) is 3.61. The number of nitrogens with one attached hydrogen (secondary N) is 1. The SMILES string of the molecule is CCNC(c1ccc(CC)o1)c1cc2ccccc2o1. The molecule has 0 bridgehead atoms. The molecule has 0 saturated carbocycles. The minimum absolute atomic E-state index is 0.0345. The maximum absolute atomic E-state index is 5.96. The molecule has 0 aliphatic heterocycles. The van der Waals surface area contributed by atoms with Crippen molar-refractivity contribution in [3.8, 4) is 0 Å². The first-order chi connectivity index (χ1) is 9.81. The fourth-order valence-electron chi connectivity index (χ4n) is 2.43. The van der Waals surface area contributed by atoms with Crippen LogP contribution in [0.1, 0.15) is 37.2 Å². The lowest BCUT2D eigenvalue weighted by atomic mass is 10.1. The summed E-state index contributed by atoms with van der Waals surface area (Å²) in [5.41, 5.74) is 0.910. The summed E-state index contributed by atoms with van der Waals surface area (Å²) in [4.78, 5) is 0. The number of hydrogen-bond acceptors (Lipinski definition) is 3. The maximum Gasteiger partial charge on any atom is 0.134 e. The third kappa shape index (κ3) is 2.37. The average molecular weight is 269 g/mol. The number of para-hydroxylation sites is 1. The second kappa shape index (κ2) is 5.55. The summed E-state index contributed by atoms with van der Waals surface area (Å²) >= 11 is 0. The van der Waals surface area contributed by atoms with E-state index >= 15 is 0 Å². The van der Waals surface area contributed by atoms with Crippen LogP contribution in [-0.4, -0.2) is 6.54 Å². The van der Waals surface area contributed by atoms with Gasteiger partial charge in [0, 0.05) is 11.8 Å². The second-order valence-electron chi connectivity index (χ2n) is 4.83. The van der Waals surface area contributed by atoms with E-state index in [0.717, 1.165) is 41.2 Å². The molecule has 0 fully saturated rings. The van der Waals surface area contributed by atoms with Gasteiger partial charge in [-0.25, -0.2) is 0 Å². The van der Waals surface area contributed by atoms with Gasteiger partial charge in [0.1, 0.15) is 28.9 Å². The molecule has 1 atom stereocenters. The minimum Gasteiger partial charge on any atom is -0.464 e. The number of fused-ring (bicyclic) bond motifs is 1. The van der Waals surface area contributed by atoms with Crippen molar-refractivity contribution in [2.75, 3.05) is 6.54 Å². The largest absolute Gasteiger partial charge is 0.464 e. The highest BCUT2D eigenvalue weighted by Crippen LogP contribution is 2.29. The minimum atomic E-state index is -0.0345. The molecule has 3 aromatic rings. The van der Waals surface area contributed by atoms with Crippen LogP contribution in [0.2, 0.25) is 0 Å². The van der Waals surface area contributed by atoms with Crippen molar-refractivity contribution in [2.45, 2.75) is 26.3 Å². The molecule has 3 rings (SSSR count). The summed E-state index contributed by atoms with van der Waals surface area (Å²) in [6.45, 7) is 5.02. The first-order valence-electron chi connectivity index (χ1n) is 7.12. The molecule has 1 N–H and O–H groups in total. The Morgan fingerprint density at radius 2 is 1.85 bits per heavy atom. The maximum atomic E-state index is 5.96. The van der Waals surface area contributed by atoms with Gasteiger partial charge in [-0.2, -0.15) is 0 Å². The van der Waals surface area contributed by atoms with Crippen molar-refractivity contribution in [2.24, 2.45) is 0 Å². The molecule has 0 amide bonds. The third-order valence-electron chi connectivity index (χ3n) is 3.45. The molecular formula is C17H19NO2. The van der Waals surface area contributed by atoms with Crippen LogP contribution in [0, 0.1) is 0 Å². The van der Waals surface area contributed by atoms with Crippen molar-refractivity contribution in [3.05, 3.63) is 59.7 Å². The van der Waals surface area contributed by atoms with Crippen LogP contribution >= 0.6 is 0 Å². The summed E-state index contributed by atoms with van der Waals surface area (Å²) in [6.07, 6.45) is 0.902. The average Bonchev–Trinajstić information content (AvgIpc) is 3.10. The zero-order valence-electron chi connectivity index (χ0n) is 11.8. The summed E-state index contributed by atoms with van der Waals surface area (Å²) in [6, 6.07) is 14.2. The zero-order chi connectivity index (χ0) is 13.9. The van der Waals surface area contributed by atoms with Gasteiger partial charge in [-0.15, -0.1) is 0 Å². The molecule has 3 nitrogen and oxygen atoms in total. The molecule has 3 heteroatoms. The van der Waals surface area contributed by atoms with Gasteiger partial charge in [-0.3, -0.25) is 0 Å². The summed E-state index contributed by atoms with van der Waals surface area (Å²) in [7, 11) is 0. The van der Waals surface area contributed by atoms with Crippen LogP contribution in [0.25, 0.3) is 11.0 Å². The molecule has 0 aliphatic carbocycles. The fourth-order valence-corrected chi connectivity index (χ4v) is 2.43. The molecule has 2 aromatic heterocycles. The lowest BCUT2D eigenvalue weighted by molar-refractivity contribution is 0.389. The van der Waals surface area contributed by atoms with Gasteiger partial charge in [-0.05, 0) is 30.8 Å². The highest BCUT2D eigenvalue weighted by Gasteiger charge is 2.20. The van der Waals surface area contributed by atoms with E-state index in [-0.39, 0.29) is 6.04 Å². The molecule has 1 aromatic carbocycles. The van der Waals surface area contributed by atoms with E-state index in [0.29, 0.717) is 0 Å². The Labute approximate surface area is 118 Å². The molecule has 2 heterocycles. The topological polar surface area (TPSA) is 38.3 Å². The molecule has 1 unspecified atom stereocenters. The number of furan rings is 2. The first kappa shape index (κ1) is 13.0. The van der Waals surface area contributed by atoms with Crippen molar-refractivity contribution in [1.29, 1.82) is 0 Å². The smallest absolute Gasteiger partial charge is 0.134 e. The normalized spacial score (nSPS) is 12.9. The summed E-state index contributed by atoms with van der Waals surface area (Å²) in [5, 5.41) is 4.54. The van der Waals surface area contributed by atoms with Crippen LogP contribution in [-0.2, 0) is 6.42 Å². The molecule has 104 valence electrons. The van der Waals surface area contributed by atoms with Gasteiger partial charge in [0.2, 0.25) is 0 Å². The van der Waals surface area contributed by atoms with E-state index < -0.39 is 0 Å². The van der Waals surface area contributed by atoms with E-state index in [1.54, 1.807) is 0 Å². The van der Waals surface area contributed by atoms with Crippen molar-refractivity contribution in [3.63, 3.8) is 0 Å². The lowest BCUT2D eigenvalue weighted by Gasteiger charge is -2.12. The highest BCUT2D eigenvalue weighted by molar-refractivity contribution is 5.77. The molecule has 0 aliphatic rings. The summed E-state index contributed by atoms with van der Waals surface area (Å²) in [5.74, 6) is 2.80. The first-order valence-corrected chi connectivity index (χ1v) is 7.12. The predicted molar refractivity (Wildman–Crippen MR) is 79.8 cm³/mol. The Morgan fingerprint density at radius 1 is 1.00 bits per heavy atom. The van der Waals surface area contributed by atoms with Gasteiger partial charge in [0.15, 0.2) is 0 Å². The van der Waals surface area contributed by atoms with Gasteiger partial charge < -0.3 is 14.2 Å². The highest BCUT2D eigenvalue weighted by atomic mass is 16.4. The molecule has 20 heavy (non-hydrogen) atoms. The quantitative estimate of drug-likeness (QED) is 0.751. The second-order valence-corrected chi connectivity index (χ2v) is 4.83. The Balaban J connectivity index is 2.00. The molecule has 0 spiro atoms. The number of hydrogen-bond donors (Lipinski definition) is 1. The fraction of sp³-hybridized carbons (Fsp3) is 0.294. The van der Waals surface area contributed by atoms with Crippen LogP contribution in [0.5, 0.6) is 0 Å². The van der Waals surface area contributed by atoms with E-state index in [2.05, 4.69) is 31.3 Å². The van der Waals surface area contributed by atoms with Gasteiger partial charge in [-0.1, -0.05) is 32.0 Å². The van der Waals surface area contributed by atoms with Gasteiger partial charge >= 0.3 is 0 Å². The van der Waals surface area contributed by atoms with E-state index in [4.69, 9.17) is 8.83 Å². The van der Waals surface area contributed by atoms with Crippen LogP contribution in [0.4, 0.5) is 0 Å². The number of aryl methyl sites for hydroxylation is 1. The van der Waals surface area contributed by atoms with Crippen molar-refractivity contribution >= 4 is 11.0 Å². The van der Waals surface area contributed by atoms with Crippen molar-refractivity contribution in [1.82, 2.24) is 5.32 Å². The zero-order valence-corrected chi connectivity index (χ0v) is 11.8. The Morgan fingerprint density at radius 3 is 2.55 bits per heavy atom. The standard InChI is InChI=1S/C17H19NO2/c1-3-13-9-10-15(19-13)17(18-4-2)16-11-12-7-5-6-8-14(12)20-16/h5-11,17-18H,3-4H2,1-2H3.